The van der Waals surface area contributed by atoms with E-state index in [-0.39, 0.29) is 17.9 Å². The first kappa shape index (κ1) is 17.2. The molecule has 0 aliphatic heterocycles. The Balaban J connectivity index is 2.64. The number of methoxy groups -OCH3 is 1. The predicted molar refractivity (Wildman–Crippen MR) is 72.8 cm³/mol. The van der Waals surface area contributed by atoms with Crippen LogP contribution in [0.5, 0.6) is 11.5 Å². The summed E-state index contributed by atoms with van der Waals surface area (Å²) in [5.41, 5.74) is 0.782. The molecule has 0 saturated carbocycles. The molecule has 7 heteroatoms. The van der Waals surface area contributed by atoms with Gasteiger partial charge in [-0.15, -0.1) is 0 Å². The number of benzene rings is 1. The summed E-state index contributed by atoms with van der Waals surface area (Å²) in [6, 6.07) is 4.82. The second-order valence-electron chi connectivity index (χ2n) is 4.60. The van der Waals surface area contributed by atoms with Crippen LogP contribution in [0.4, 0.5) is 8.78 Å². The van der Waals surface area contributed by atoms with Crippen molar-refractivity contribution in [3.05, 3.63) is 23.8 Å². The van der Waals surface area contributed by atoms with Gasteiger partial charge in [-0.3, -0.25) is 4.79 Å². The molecule has 1 N–H and O–H groups in total. The van der Waals surface area contributed by atoms with Gasteiger partial charge in [0.15, 0.2) is 11.5 Å². The lowest BCUT2D eigenvalue weighted by atomic mass is 10.2. The SMILES string of the molecule is COc1ccc(CN(C)CCCC(=O)O)cc1OC(F)F. The normalized spacial score (nSPS) is 11.0. The number of rotatable bonds is 9. The summed E-state index contributed by atoms with van der Waals surface area (Å²) in [4.78, 5) is 12.4. The lowest BCUT2D eigenvalue weighted by molar-refractivity contribution is -0.137. The van der Waals surface area contributed by atoms with Crippen molar-refractivity contribution in [1.82, 2.24) is 4.90 Å². The van der Waals surface area contributed by atoms with Gasteiger partial charge in [0.1, 0.15) is 0 Å². The van der Waals surface area contributed by atoms with Crippen molar-refractivity contribution < 1.29 is 28.2 Å². The van der Waals surface area contributed by atoms with Crippen LogP contribution in [0.15, 0.2) is 18.2 Å². The molecule has 0 radical (unpaired) electrons. The molecule has 0 fully saturated rings. The fourth-order valence-electron chi connectivity index (χ4n) is 1.90. The summed E-state index contributed by atoms with van der Waals surface area (Å²) in [7, 11) is 3.21. The summed E-state index contributed by atoms with van der Waals surface area (Å²) in [6.45, 7) is -1.81. The van der Waals surface area contributed by atoms with Gasteiger partial charge in [0, 0.05) is 13.0 Å². The van der Waals surface area contributed by atoms with E-state index in [1.807, 2.05) is 11.9 Å². The Kier molecular flexibility index (Phi) is 6.87. The van der Waals surface area contributed by atoms with E-state index in [9.17, 15) is 13.6 Å². The third kappa shape index (κ3) is 6.40. The topological polar surface area (TPSA) is 59.0 Å². The molecule has 21 heavy (non-hydrogen) atoms. The number of carboxylic acids is 1. The molecule has 1 rings (SSSR count). The van der Waals surface area contributed by atoms with Crippen LogP contribution >= 0.6 is 0 Å². The number of hydrogen-bond donors (Lipinski definition) is 1. The Morgan fingerprint density at radius 3 is 2.67 bits per heavy atom. The Morgan fingerprint density at radius 1 is 1.38 bits per heavy atom. The van der Waals surface area contributed by atoms with E-state index in [0.29, 0.717) is 19.5 Å². The molecule has 0 unspecified atom stereocenters. The quantitative estimate of drug-likeness (QED) is 0.760. The Hall–Kier alpha value is -1.89. The van der Waals surface area contributed by atoms with E-state index in [4.69, 9.17) is 9.84 Å². The number of halogens is 2. The van der Waals surface area contributed by atoms with Crippen molar-refractivity contribution in [3.63, 3.8) is 0 Å². The minimum absolute atomic E-state index is 0.0102. The number of hydrogen-bond acceptors (Lipinski definition) is 4. The van der Waals surface area contributed by atoms with Crippen molar-refractivity contribution in [2.75, 3.05) is 20.7 Å². The number of nitrogens with zero attached hydrogens (tertiary/aromatic N) is 1. The first-order valence-corrected chi connectivity index (χ1v) is 6.44. The molecule has 0 aromatic heterocycles. The van der Waals surface area contributed by atoms with E-state index in [1.54, 1.807) is 12.1 Å². The number of ether oxygens (including phenoxy) is 2. The largest absolute Gasteiger partial charge is 0.493 e. The first-order chi connectivity index (χ1) is 9.92. The summed E-state index contributed by atoms with van der Waals surface area (Å²) in [5.74, 6) is -0.600. The number of carbonyl (C=O) groups is 1. The first-order valence-electron chi connectivity index (χ1n) is 6.44. The molecule has 5 nitrogen and oxygen atoms in total. The van der Waals surface area contributed by atoms with E-state index in [2.05, 4.69) is 4.74 Å². The van der Waals surface area contributed by atoms with Crippen LogP contribution < -0.4 is 9.47 Å². The van der Waals surface area contributed by atoms with Gasteiger partial charge in [-0.05, 0) is 37.7 Å². The minimum Gasteiger partial charge on any atom is -0.493 e. The van der Waals surface area contributed by atoms with E-state index < -0.39 is 12.6 Å². The summed E-state index contributed by atoms with van der Waals surface area (Å²) in [5, 5.41) is 8.57. The second-order valence-corrected chi connectivity index (χ2v) is 4.60. The Labute approximate surface area is 122 Å². The molecule has 0 amide bonds. The number of carboxylic acid groups (broad SMARTS) is 1. The average molecular weight is 303 g/mol. The standard InChI is InChI=1S/C14H19F2NO4/c1-17(7-3-4-13(18)19)9-10-5-6-11(20-2)12(8-10)21-14(15)16/h5-6,8,14H,3-4,7,9H2,1-2H3,(H,18,19). The van der Waals surface area contributed by atoms with Crippen molar-refractivity contribution in [1.29, 1.82) is 0 Å². The second kappa shape index (κ2) is 8.41. The van der Waals surface area contributed by atoms with Crippen LogP contribution in [-0.4, -0.2) is 43.3 Å². The summed E-state index contributed by atoms with van der Waals surface area (Å²) >= 11 is 0. The van der Waals surface area contributed by atoms with Gasteiger partial charge >= 0.3 is 12.6 Å². The molecule has 118 valence electrons. The van der Waals surface area contributed by atoms with Crippen molar-refractivity contribution >= 4 is 5.97 Å². The highest BCUT2D eigenvalue weighted by Gasteiger charge is 2.12. The molecule has 0 aliphatic rings. The van der Waals surface area contributed by atoms with Gasteiger partial charge in [-0.25, -0.2) is 0 Å². The maximum Gasteiger partial charge on any atom is 0.387 e. The van der Waals surface area contributed by atoms with Gasteiger partial charge in [-0.1, -0.05) is 6.07 Å². The average Bonchev–Trinajstić information content (AvgIpc) is 2.37. The zero-order valence-corrected chi connectivity index (χ0v) is 12.0. The van der Waals surface area contributed by atoms with Crippen molar-refractivity contribution in [2.45, 2.75) is 26.0 Å². The highest BCUT2D eigenvalue weighted by atomic mass is 19.3. The van der Waals surface area contributed by atoms with Crippen LogP contribution in [0, 0.1) is 0 Å². The zero-order valence-electron chi connectivity index (χ0n) is 12.0. The summed E-state index contributed by atoms with van der Waals surface area (Å²) in [6.07, 6.45) is 0.634. The van der Waals surface area contributed by atoms with Gasteiger partial charge in [0.2, 0.25) is 0 Å². The smallest absolute Gasteiger partial charge is 0.387 e. The van der Waals surface area contributed by atoms with E-state index >= 15 is 0 Å². The van der Waals surface area contributed by atoms with E-state index in [0.717, 1.165) is 5.56 Å². The Bertz CT molecular complexity index is 468. The lowest BCUT2D eigenvalue weighted by Gasteiger charge is -2.17. The van der Waals surface area contributed by atoms with Crippen molar-refractivity contribution in [3.8, 4) is 11.5 Å². The van der Waals surface area contributed by atoms with Crippen LogP contribution in [0.2, 0.25) is 0 Å². The van der Waals surface area contributed by atoms with Crippen LogP contribution in [0.25, 0.3) is 0 Å². The number of alkyl halides is 2. The molecule has 0 bridgehead atoms. The van der Waals surface area contributed by atoms with Crippen LogP contribution in [0.1, 0.15) is 18.4 Å². The van der Waals surface area contributed by atoms with Gasteiger partial charge in [0.25, 0.3) is 0 Å². The highest BCUT2D eigenvalue weighted by molar-refractivity contribution is 5.66. The van der Waals surface area contributed by atoms with Gasteiger partial charge in [0.05, 0.1) is 7.11 Å². The molecule has 0 saturated heterocycles. The fraction of sp³-hybridized carbons (Fsp3) is 0.500. The highest BCUT2D eigenvalue weighted by Crippen LogP contribution is 2.29. The molecule has 0 heterocycles. The minimum atomic E-state index is -2.91. The molecular formula is C14H19F2NO4. The Morgan fingerprint density at radius 2 is 2.10 bits per heavy atom. The predicted octanol–water partition coefficient (Wildman–Crippen LogP) is 2.59. The van der Waals surface area contributed by atoms with Crippen molar-refractivity contribution in [2.24, 2.45) is 0 Å². The van der Waals surface area contributed by atoms with Gasteiger partial charge < -0.3 is 19.5 Å². The zero-order chi connectivity index (χ0) is 15.8. The number of aliphatic carboxylic acids is 1. The lowest BCUT2D eigenvalue weighted by Crippen LogP contribution is -2.20. The molecule has 0 spiro atoms. The van der Waals surface area contributed by atoms with Gasteiger partial charge in [-0.2, -0.15) is 8.78 Å². The molecule has 1 aromatic rings. The third-order valence-corrected chi connectivity index (χ3v) is 2.83. The molecule has 1 aromatic carbocycles. The molecule has 0 atom stereocenters. The fourth-order valence-corrected chi connectivity index (χ4v) is 1.90. The molecular weight excluding hydrogens is 284 g/mol. The molecule has 0 aliphatic carbocycles. The summed E-state index contributed by atoms with van der Waals surface area (Å²) < 4.78 is 34.0. The maximum absolute atomic E-state index is 12.3. The third-order valence-electron chi connectivity index (χ3n) is 2.83. The van der Waals surface area contributed by atoms with Crippen LogP contribution in [-0.2, 0) is 11.3 Å². The van der Waals surface area contributed by atoms with Crippen LogP contribution in [0.3, 0.4) is 0 Å². The monoisotopic (exact) mass is 303 g/mol. The van der Waals surface area contributed by atoms with E-state index in [1.165, 1.54) is 13.2 Å². The maximum atomic E-state index is 12.3.